The van der Waals surface area contributed by atoms with Gasteiger partial charge in [-0.05, 0) is 66.6 Å². The molecule has 0 spiro atoms. The fourth-order valence-corrected chi connectivity index (χ4v) is 3.87. The topological polar surface area (TPSA) is 100 Å². The molecule has 2 aromatic heterocycles. The number of furan rings is 1. The van der Waals surface area contributed by atoms with Gasteiger partial charge in [0.25, 0.3) is 17.7 Å². The van der Waals surface area contributed by atoms with Crippen molar-refractivity contribution in [1.29, 1.82) is 0 Å². The number of amides is 3. The Morgan fingerprint density at radius 1 is 0.879 bits per heavy atom. The lowest BCUT2D eigenvalue weighted by Gasteiger charge is -2.11. The summed E-state index contributed by atoms with van der Waals surface area (Å²) in [6.45, 7) is 1.79. The Kier molecular flexibility index (Phi) is 6.32. The Balaban J connectivity index is 1.39. The summed E-state index contributed by atoms with van der Waals surface area (Å²) in [5.74, 6) is -1.67. The van der Waals surface area contributed by atoms with Crippen molar-refractivity contribution < 1.29 is 23.2 Å². The summed E-state index contributed by atoms with van der Waals surface area (Å²) in [7, 11) is 0. The van der Waals surface area contributed by atoms with E-state index >= 15 is 0 Å². The fourth-order valence-electron chi connectivity index (χ4n) is 2.97. The van der Waals surface area contributed by atoms with E-state index in [9.17, 15) is 18.8 Å². The van der Waals surface area contributed by atoms with E-state index in [4.69, 9.17) is 4.42 Å². The third-order valence-corrected chi connectivity index (χ3v) is 5.87. The number of hydrogen-bond acceptors (Lipinski definition) is 5. The largest absolute Gasteiger partial charge is 0.459 e. The summed E-state index contributed by atoms with van der Waals surface area (Å²) in [4.78, 5) is 38.4. The van der Waals surface area contributed by atoms with Gasteiger partial charge in [-0.3, -0.25) is 25.2 Å². The molecule has 0 radical (unpaired) electrons. The van der Waals surface area contributed by atoms with Gasteiger partial charge in [-0.15, -0.1) is 11.3 Å². The van der Waals surface area contributed by atoms with E-state index in [0.29, 0.717) is 10.6 Å². The van der Waals surface area contributed by atoms with Gasteiger partial charge in [0.1, 0.15) is 5.82 Å². The molecule has 33 heavy (non-hydrogen) atoms. The van der Waals surface area contributed by atoms with Crippen LogP contribution >= 0.6 is 11.3 Å². The summed E-state index contributed by atoms with van der Waals surface area (Å²) >= 11 is 1.22. The molecule has 0 saturated carbocycles. The van der Waals surface area contributed by atoms with Crippen molar-refractivity contribution in [2.75, 3.05) is 5.32 Å². The first-order valence-corrected chi connectivity index (χ1v) is 10.6. The molecular weight excluding hydrogens is 445 g/mol. The first kappa shape index (κ1) is 22.0. The number of halogens is 1. The van der Waals surface area contributed by atoms with E-state index in [1.54, 1.807) is 49.4 Å². The summed E-state index contributed by atoms with van der Waals surface area (Å²) in [6.07, 6.45) is 1.39. The van der Waals surface area contributed by atoms with E-state index < -0.39 is 17.7 Å². The average molecular weight is 463 g/mol. The summed E-state index contributed by atoms with van der Waals surface area (Å²) in [6, 6.07) is 17.2. The molecule has 0 atom stereocenters. The Hall–Kier alpha value is -4.24. The third-order valence-electron chi connectivity index (χ3n) is 4.74. The van der Waals surface area contributed by atoms with Crippen LogP contribution in [-0.4, -0.2) is 17.7 Å². The SMILES string of the molecule is Cc1ccc(C(=O)NNC(=O)c2ccc(-c3ccc(F)cc3)s2)cc1NC(=O)c1ccco1. The van der Waals surface area contributed by atoms with Crippen LogP contribution in [0.4, 0.5) is 10.1 Å². The molecule has 4 rings (SSSR count). The number of hydrogen-bond donors (Lipinski definition) is 3. The number of rotatable bonds is 5. The molecule has 0 aliphatic carbocycles. The van der Waals surface area contributed by atoms with E-state index in [2.05, 4.69) is 16.2 Å². The smallest absolute Gasteiger partial charge is 0.291 e. The molecule has 166 valence electrons. The van der Waals surface area contributed by atoms with Crippen LogP contribution < -0.4 is 16.2 Å². The van der Waals surface area contributed by atoms with Gasteiger partial charge in [-0.25, -0.2) is 4.39 Å². The zero-order valence-electron chi connectivity index (χ0n) is 17.3. The second-order valence-corrected chi connectivity index (χ2v) is 8.12. The van der Waals surface area contributed by atoms with Crippen molar-refractivity contribution in [3.63, 3.8) is 0 Å². The van der Waals surface area contributed by atoms with E-state index in [0.717, 1.165) is 16.0 Å². The van der Waals surface area contributed by atoms with Crippen LogP contribution in [0.25, 0.3) is 10.4 Å². The Morgan fingerprint density at radius 2 is 1.64 bits per heavy atom. The summed E-state index contributed by atoms with van der Waals surface area (Å²) in [5.41, 5.74) is 6.97. The first-order valence-electron chi connectivity index (χ1n) is 9.82. The monoisotopic (exact) mass is 463 g/mol. The lowest BCUT2D eigenvalue weighted by atomic mass is 10.1. The van der Waals surface area contributed by atoms with Crippen molar-refractivity contribution in [3.8, 4) is 10.4 Å². The van der Waals surface area contributed by atoms with E-state index in [1.807, 2.05) is 0 Å². The molecule has 0 aliphatic rings. The van der Waals surface area contributed by atoms with Crippen molar-refractivity contribution in [2.24, 2.45) is 0 Å². The molecule has 4 aromatic rings. The Labute approximate surface area is 192 Å². The van der Waals surface area contributed by atoms with Crippen molar-refractivity contribution in [1.82, 2.24) is 10.9 Å². The zero-order chi connectivity index (χ0) is 23.4. The minimum absolute atomic E-state index is 0.146. The maximum Gasteiger partial charge on any atom is 0.291 e. The minimum atomic E-state index is -0.549. The summed E-state index contributed by atoms with van der Waals surface area (Å²) < 4.78 is 18.2. The van der Waals surface area contributed by atoms with Crippen LogP contribution in [0.15, 0.2) is 77.4 Å². The number of thiophene rings is 1. The van der Waals surface area contributed by atoms with E-state index in [1.165, 1.54) is 41.9 Å². The lowest BCUT2D eigenvalue weighted by Crippen LogP contribution is -2.41. The highest BCUT2D eigenvalue weighted by atomic mass is 32.1. The number of carbonyl (C=O) groups is 3. The second kappa shape index (κ2) is 9.49. The number of hydrazine groups is 1. The highest BCUT2D eigenvalue weighted by Crippen LogP contribution is 2.28. The zero-order valence-corrected chi connectivity index (χ0v) is 18.2. The second-order valence-electron chi connectivity index (χ2n) is 7.04. The molecule has 0 bridgehead atoms. The van der Waals surface area contributed by atoms with Crippen LogP contribution in [0.5, 0.6) is 0 Å². The van der Waals surface area contributed by atoms with Gasteiger partial charge < -0.3 is 9.73 Å². The summed E-state index contributed by atoms with van der Waals surface area (Å²) in [5, 5.41) is 2.70. The lowest BCUT2D eigenvalue weighted by molar-refractivity contribution is 0.0849. The molecule has 2 heterocycles. The normalized spacial score (nSPS) is 10.5. The number of aryl methyl sites for hydroxylation is 1. The van der Waals surface area contributed by atoms with Gasteiger partial charge in [0, 0.05) is 16.1 Å². The van der Waals surface area contributed by atoms with Gasteiger partial charge in [-0.2, -0.15) is 0 Å². The molecule has 3 N–H and O–H groups in total. The molecule has 3 amide bonds. The Morgan fingerprint density at radius 3 is 2.36 bits per heavy atom. The van der Waals surface area contributed by atoms with Crippen LogP contribution in [0.3, 0.4) is 0 Å². The molecule has 0 fully saturated rings. The van der Waals surface area contributed by atoms with E-state index in [-0.39, 0.29) is 17.1 Å². The predicted molar refractivity (Wildman–Crippen MR) is 122 cm³/mol. The van der Waals surface area contributed by atoms with Crippen LogP contribution in [0, 0.1) is 12.7 Å². The fraction of sp³-hybridized carbons (Fsp3) is 0.0417. The molecule has 2 aromatic carbocycles. The highest BCUT2D eigenvalue weighted by Gasteiger charge is 2.15. The number of nitrogens with one attached hydrogen (secondary N) is 3. The van der Waals surface area contributed by atoms with Crippen LogP contribution in [0.1, 0.15) is 36.1 Å². The maximum absolute atomic E-state index is 13.1. The van der Waals surface area contributed by atoms with Gasteiger partial charge in [0.05, 0.1) is 11.1 Å². The molecule has 0 unspecified atom stereocenters. The molecule has 9 heteroatoms. The van der Waals surface area contributed by atoms with Crippen molar-refractivity contribution in [3.05, 3.63) is 101 Å². The number of benzene rings is 2. The predicted octanol–water partition coefficient (Wildman–Crippen LogP) is 4.78. The van der Waals surface area contributed by atoms with Gasteiger partial charge >= 0.3 is 0 Å². The van der Waals surface area contributed by atoms with Gasteiger partial charge in [-0.1, -0.05) is 18.2 Å². The third kappa shape index (κ3) is 5.16. The van der Waals surface area contributed by atoms with Crippen LogP contribution in [0.2, 0.25) is 0 Å². The van der Waals surface area contributed by atoms with Crippen molar-refractivity contribution in [2.45, 2.75) is 6.92 Å². The molecular formula is C24H18FN3O4S. The maximum atomic E-state index is 13.1. The average Bonchev–Trinajstić information content (AvgIpc) is 3.52. The molecule has 7 nitrogen and oxygen atoms in total. The quantitative estimate of drug-likeness (QED) is 0.371. The first-order chi connectivity index (χ1) is 15.9. The number of carbonyl (C=O) groups excluding carboxylic acids is 3. The Bertz CT molecular complexity index is 1310. The molecule has 0 saturated heterocycles. The van der Waals surface area contributed by atoms with Crippen molar-refractivity contribution >= 4 is 34.7 Å². The minimum Gasteiger partial charge on any atom is -0.459 e. The molecule has 0 aliphatic heterocycles. The van der Waals surface area contributed by atoms with Gasteiger partial charge in [0.15, 0.2) is 5.76 Å². The standard InChI is InChI=1S/C24H18FN3O4S/c1-14-4-5-16(13-18(14)26-23(30)19-3-2-12-32-19)22(29)27-28-24(31)21-11-10-20(33-21)15-6-8-17(25)9-7-15/h2-13H,1H3,(H,26,30)(H,27,29)(H,28,31). The highest BCUT2D eigenvalue weighted by molar-refractivity contribution is 7.17. The number of anilines is 1. The van der Waals surface area contributed by atoms with Gasteiger partial charge in [0.2, 0.25) is 0 Å². The van der Waals surface area contributed by atoms with Crippen LogP contribution in [-0.2, 0) is 0 Å².